The summed E-state index contributed by atoms with van der Waals surface area (Å²) in [6, 6.07) is 9.44. The number of nitrogens with zero attached hydrogens (tertiary/aromatic N) is 2. The van der Waals surface area contributed by atoms with E-state index in [0.717, 1.165) is 16.9 Å². The molecule has 0 spiro atoms. The standard InChI is InChI=1S/C16H16N2O2/c1-4-20-13-7-5-12(6-8-13)15-11(2)10-18(3)16(19)14(15)9-17/h5-8,10H,4H2,1-3H3. The van der Waals surface area contributed by atoms with E-state index >= 15 is 0 Å². The van der Waals surface area contributed by atoms with Crippen LogP contribution in [0.25, 0.3) is 11.1 Å². The first-order valence-corrected chi connectivity index (χ1v) is 6.42. The summed E-state index contributed by atoms with van der Waals surface area (Å²) >= 11 is 0. The number of ether oxygens (including phenoxy) is 1. The van der Waals surface area contributed by atoms with E-state index in [-0.39, 0.29) is 11.1 Å². The second kappa shape index (κ2) is 5.62. The monoisotopic (exact) mass is 268 g/mol. The SMILES string of the molecule is CCOc1ccc(-c2c(C)cn(C)c(=O)c2C#N)cc1. The highest BCUT2D eigenvalue weighted by atomic mass is 16.5. The average molecular weight is 268 g/mol. The number of pyridine rings is 1. The van der Waals surface area contributed by atoms with Crippen LogP contribution in [0, 0.1) is 18.3 Å². The van der Waals surface area contributed by atoms with Gasteiger partial charge in [0, 0.05) is 18.8 Å². The molecule has 4 heteroatoms. The third-order valence-corrected chi connectivity index (χ3v) is 3.13. The van der Waals surface area contributed by atoms with Gasteiger partial charge in [-0.25, -0.2) is 0 Å². The summed E-state index contributed by atoms with van der Waals surface area (Å²) in [5, 5.41) is 9.26. The fourth-order valence-electron chi connectivity index (χ4n) is 2.25. The van der Waals surface area contributed by atoms with Crippen LogP contribution >= 0.6 is 0 Å². The van der Waals surface area contributed by atoms with E-state index in [4.69, 9.17) is 4.74 Å². The van der Waals surface area contributed by atoms with Crippen molar-refractivity contribution in [2.24, 2.45) is 7.05 Å². The zero-order valence-electron chi connectivity index (χ0n) is 11.8. The predicted octanol–water partition coefficient (Wildman–Crippen LogP) is 2.63. The predicted molar refractivity (Wildman–Crippen MR) is 77.7 cm³/mol. The maximum absolute atomic E-state index is 12.0. The van der Waals surface area contributed by atoms with Gasteiger partial charge in [0.1, 0.15) is 17.4 Å². The molecular formula is C16H16N2O2. The van der Waals surface area contributed by atoms with E-state index in [1.54, 1.807) is 13.2 Å². The van der Waals surface area contributed by atoms with Crippen molar-refractivity contribution in [2.75, 3.05) is 6.61 Å². The number of benzene rings is 1. The Morgan fingerprint density at radius 1 is 1.30 bits per heavy atom. The Morgan fingerprint density at radius 3 is 2.50 bits per heavy atom. The third-order valence-electron chi connectivity index (χ3n) is 3.13. The second-order valence-electron chi connectivity index (χ2n) is 4.55. The third kappa shape index (κ3) is 2.43. The van der Waals surface area contributed by atoms with Gasteiger partial charge < -0.3 is 9.30 Å². The lowest BCUT2D eigenvalue weighted by Crippen LogP contribution is -2.20. The molecule has 0 saturated carbocycles. The van der Waals surface area contributed by atoms with Gasteiger partial charge in [0.2, 0.25) is 0 Å². The summed E-state index contributed by atoms with van der Waals surface area (Å²) in [6.45, 7) is 4.42. The van der Waals surface area contributed by atoms with E-state index in [2.05, 4.69) is 0 Å². The Balaban J connectivity index is 2.61. The number of rotatable bonds is 3. The second-order valence-corrected chi connectivity index (χ2v) is 4.55. The van der Waals surface area contributed by atoms with Gasteiger partial charge in [-0.1, -0.05) is 12.1 Å². The molecule has 1 aromatic heterocycles. The molecule has 0 atom stereocenters. The Morgan fingerprint density at radius 2 is 1.95 bits per heavy atom. The molecule has 2 aromatic rings. The summed E-state index contributed by atoms with van der Waals surface area (Å²) in [5.41, 5.74) is 2.34. The quantitative estimate of drug-likeness (QED) is 0.859. The van der Waals surface area contributed by atoms with Gasteiger partial charge >= 0.3 is 0 Å². The van der Waals surface area contributed by atoms with Crippen LogP contribution in [0.5, 0.6) is 5.75 Å². The van der Waals surface area contributed by atoms with E-state index in [1.165, 1.54) is 4.57 Å². The van der Waals surface area contributed by atoms with E-state index in [0.29, 0.717) is 12.2 Å². The fraction of sp³-hybridized carbons (Fsp3) is 0.250. The topological polar surface area (TPSA) is 55.0 Å². The highest BCUT2D eigenvalue weighted by Crippen LogP contribution is 2.27. The molecule has 1 aromatic carbocycles. The minimum absolute atomic E-state index is 0.177. The van der Waals surface area contributed by atoms with Gasteiger partial charge in [-0.2, -0.15) is 5.26 Å². The summed E-state index contributed by atoms with van der Waals surface area (Å²) in [4.78, 5) is 12.0. The highest BCUT2D eigenvalue weighted by molar-refractivity contribution is 5.73. The largest absolute Gasteiger partial charge is 0.494 e. The van der Waals surface area contributed by atoms with Crippen LogP contribution in [0.2, 0.25) is 0 Å². The molecule has 0 saturated heterocycles. The first-order chi connectivity index (χ1) is 9.58. The Hall–Kier alpha value is -2.54. The van der Waals surface area contributed by atoms with Gasteiger partial charge in [0.25, 0.3) is 5.56 Å². The lowest BCUT2D eigenvalue weighted by atomic mass is 9.97. The molecule has 0 aliphatic heterocycles. The highest BCUT2D eigenvalue weighted by Gasteiger charge is 2.13. The van der Waals surface area contributed by atoms with Crippen molar-refractivity contribution in [1.82, 2.24) is 4.57 Å². The number of hydrogen-bond donors (Lipinski definition) is 0. The smallest absolute Gasteiger partial charge is 0.268 e. The number of aromatic nitrogens is 1. The van der Waals surface area contributed by atoms with Crippen molar-refractivity contribution in [2.45, 2.75) is 13.8 Å². The van der Waals surface area contributed by atoms with Crippen molar-refractivity contribution < 1.29 is 4.74 Å². The van der Waals surface area contributed by atoms with E-state index < -0.39 is 0 Å². The maximum Gasteiger partial charge on any atom is 0.268 e. The van der Waals surface area contributed by atoms with Gasteiger partial charge in [-0.3, -0.25) is 4.79 Å². The van der Waals surface area contributed by atoms with Crippen LogP contribution in [-0.2, 0) is 7.05 Å². The molecule has 1 heterocycles. The van der Waals surface area contributed by atoms with E-state index in [9.17, 15) is 10.1 Å². The summed E-state index contributed by atoms with van der Waals surface area (Å²) in [5.74, 6) is 0.774. The van der Waals surface area contributed by atoms with Crippen molar-refractivity contribution in [1.29, 1.82) is 5.26 Å². The molecule has 0 unspecified atom stereocenters. The minimum atomic E-state index is -0.276. The maximum atomic E-state index is 12.0. The molecule has 102 valence electrons. The van der Waals surface area contributed by atoms with Crippen LogP contribution < -0.4 is 10.3 Å². The Labute approximate surface area is 117 Å². The first-order valence-electron chi connectivity index (χ1n) is 6.42. The fourth-order valence-corrected chi connectivity index (χ4v) is 2.25. The number of aryl methyl sites for hydroxylation is 2. The molecule has 0 aliphatic carbocycles. The van der Waals surface area contributed by atoms with Crippen molar-refractivity contribution >= 4 is 0 Å². The molecule has 0 radical (unpaired) electrons. The summed E-state index contributed by atoms with van der Waals surface area (Å²) < 4.78 is 6.83. The van der Waals surface area contributed by atoms with Crippen molar-refractivity contribution in [3.63, 3.8) is 0 Å². The van der Waals surface area contributed by atoms with Crippen molar-refractivity contribution in [3.8, 4) is 22.9 Å². The normalized spacial score (nSPS) is 10.1. The molecule has 0 bridgehead atoms. The van der Waals surface area contributed by atoms with Crippen LogP contribution in [0.1, 0.15) is 18.1 Å². The lowest BCUT2D eigenvalue weighted by Gasteiger charge is -2.11. The Kier molecular flexibility index (Phi) is 3.90. The Bertz CT molecular complexity index is 722. The molecule has 20 heavy (non-hydrogen) atoms. The van der Waals surface area contributed by atoms with Gasteiger partial charge in [0.05, 0.1) is 6.61 Å². The molecule has 2 rings (SSSR count). The van der Waals surface area contributed by atoms with Crippen LogP contribution in [0.15, 0.2) is 35.3 Å². The zero-order chi connectivity index (χ0) is 14.7. The van der Waals surface area contributed by atoms with Gasteiger partial charge in [-0.15, -0.1) is 0 Å². The number of nitriles is 1. The lowest BCUT2D eigenvalue weighted by molar-refractivity contribution is 0.340. The summed E-state index contributed by atoms with van der Waals surface area (Å²) in [6.07, 6.45) is 1.75. The van der Waals surface area contributed by atoms with Gasteiger partial charge in [-0.05, 0) is 37.1 Å². The number of hydrogen-bond acceptors (Lipinski definition) is 3. The van der Waals surface area contributed by atoms with Crippen LogP contribution in [-0.4, -0.2) is 11.2 Å². The molecular weight excluding hydrogens is 252 g/mol. The van der Waals surface area contributed by atoms with Crippen LogP contribution in [0.3, 0.4) is 0 Å². The van der Waals surface area contributed by atoms with Crippen LogP contribution in [0.4, 0.5) is 0 Å². The first kappa shape index (κ1) is 13.9. The molecule has 0 fully saturated rings. The van der Waals surface area contributed by atoms with Crippen molar-refractivity contribution in [3.05, 3.63) is 51.9 Å². The van der Waals surface area contributed by atoms with E-state index in [1.807, 2.05) is 44.2 Å². The summed E-state index contributed by atoms with van der Waals surface area (Å²) in [7, 11) is 1.65. The molecule has 0 amide bonds. The molecule has 4 nitrogen and oxygen atoms in total. The zero-order valence-corrected chi connectivity index (χ0v) is 11.8. The molecule has 0 N–H and O–H groups in total. The molecule has 0 aliphatic rings. The minimum Gasteiger partial charge on any atom is -0.494 e. The van der Waals surface area contributed by atoms with Gasteiger partial charge in [0.15, 0.2) is 0 Å². The average Bonchev–Trinajstić information content (AvgIpc) is 2.44.